The number of anilines is 1. The fraction of sp³-hybridized carbons (Fsp3) is 0.208. The zero-order valence-corrected chi connectivity index (χ0v) is 20.6. The highest BCUT2D eigenvalue weighted by Crippen LogP contribution is 2.35. The molecule has 0 radical (unpaired) electrons. The van der Waals surface area contributed by atoms with Crippen LogP contribution in [-0.2, 0) is 6.18 Å². The number of alkyl halides is 3. The third kappa shape index (κ3) is 5.47. The van der Waals surface area contributed by atoms with Crippen molar-refractivity contribution in [2.24, 2.45) is 0 Å². The predicted octanol–water partition coefficient (Wildman–Crippen LogP) is 6.33. The largest absolute Gasteiger partial charge is 0.418 e. The van der Waals surface area contributed by atoms with Crippen molar-refractivity contribution >= 4 is 40.4 Å². The Morgan fingerprint density at radius 3 is 2.56 bits per heavy atom. The third-order valence-corrected chi connectivity index (χ3v) is 6.90. The molecule has 1 N–H and O–H groups in total. The van der Waals surface area contributed by atoms with E-state index in [0.717, 1.165) is 23.2 Å². The number of amides is 1. The number of halogens is 4. The normalized spacial score (nSPS) is 12.4. The van der Waals surface area contributed by atoms with Crippen LogP contribution in [0.5, 0.6) is 0 Å². The molecule has 0 saturated heterocycles. The monoisotopic (exact) mass is 533 g/mol. The van der Waals surface area contributed by atoms with Crippen molar-refractivity contribution in [1.29, 1.82) is 0 Å². The topological polar surface area (TPSA) is 89.8 Å². The van der Waals surface area contributed by atoms with E-state index in [-0.39, 0.29) is 28.8 Å². The van der Waals surface area contributed by atoms with E-state index in [2.05, 4.69) is 20.4 Å². The van der Waals surface area contributed by atoms with Crippen LogP contribution < -0.4 is 5.32 Å². The summed E-state index contributed by atoms with van der Waals surface area (Å²) in [6.45, 7) is 3.63. The maximum Gasteiger partial charge on any atom is 0.418 e. The van der Waals surface area contributed by atoms with Gasteiger partial charge in [0.2, 0.25) is 0 Å². The lowest BCUT2D eigenvalue weighted by Gasteiger charge is -2.10. The quantitative estimate of drug-likeness (QED) is 0.280. The van der Waals surface area contributed by atoms with Crippen LogP contribution in [0, 0.1) is 6.92 Å². The van der Waals surface area contributed by atoms with Gasteiger partial charge in [0.25, 0.3) is 5.91 Å². The maximum absolute atomic E-state index is 13.1. The molecule has 12 heteroatoms. The van der Waals surface area contributed by atoms with Gasteiger partial charge in [-0.3, -0.25) is 9.59 Å². The zero-order valence-electron chi connectivity index (χ0n) is 19.0. The fourth-order valence-electron chi connectivity index (χ4n) is 3.51. The third-order valence-electron chi connectivity index (χ3n) is 5.37. The first-order valence-corrected chi connectivity index (χ1v) is 11.9. The molecule has 3 heterocycles. The Kier molecular flexibility index (Phi) is 7.23. The lowest BCUT2D eigenvalue weighted by Crippen LogP contribution is -2.13. The van der Waals surface area contributed by atoms with E-state index < -0.39 is 22.7 Å². The van der Waals surface area contributed by atoms with Crippen molar-refractivity contribution in [2.75, 3.05) is 5.32 Å². The van der Waals surface area contributed by atoms with Crippen molar-refractivity contribution in [1.82, 2.24) is 19.7 Å². The lowest BCUT2D eigenvalue weighted by atomic mass is 10.0. The molecule has 0 fully saturated rings. The average Bonchev–Trinajstić information content (AvgIpc) is 3.47. The molecule has 36 heavy (non-hydrogen) atoms. The second-order valence-corrected chi connectivity index (χ2v) is 9.45. The number of hydrogen-bond acceptors (Lipinski definition) is 6. The van der Waals surface area contributed by atoms with Crippen LogP contribution in [0.2, 0.25) is 5.02 Å². The van der Waals surface area contributed by atoms with Crippen LogP contribution in [0.4, 0.5) is 19.0 Å². The van der Waals surface area contributed by atoms with Crippen molar-refractivity contribution in [3.8, 4) is 5.69 Å². The molecule has 1 aromatic carbocycles. The molecule has 4 rings (SSSR count). The van der Waals surface area contributed by atoms with Crippen LogP contribution in [-0.4, -0.2) is 31.4 Å². The van der Waals surface area contributed by atoms with Gasteiger partial charge in [0.15, 0.2) is 5.78 Å². The first-order valence-electron chi connectivity index (χ1n) is 10.7. The zero-order chi connectivity index (χ0) is 26.0. The molecule has 0 bridgehead atoms. The van der Waals surface area contributed by atoms with E-state index >= 15 is 0 Å². The predicted molar refractivity (Wildman–Crippen MR) is 130 cm³/mol. The second-order valence-electron chi connectivity index (χ2n) is 7.98. The number of Topliss-reactive ketones (excluding diaryl/α,β-unsaturated/α-hetero) is 1. The number of thiazole rings is 1. The van der Waals surface area contributed by atoms with Crippen molar-refractivity contribution in [2.45, 2.75) is 32.4 Å². The van der Waals surface area contributed by atoms with Gasteiger partial charge in [-0.2, -0.15) is 18.3 Å². The molecule has 0 unspecified atom stereocenters. The molecule has 0 aliphatic rings. The Hall–Kier alpha value is -3.57. The summed E-state index contributed by atoms with van der Waals surface area (Å²) in [6, 6.07) is 10.1. The fourth-order valence-corrected chi connectivity index (χ4v) is 4.59. The summed E-state index contributed by atoms with van der Waals surface area (Å²) >= 11 is 6.62. The molecule has 0 spiro atoms. The van der Waals surface area contributed by atoms with Crippen LogP contribution in [0.15, 0.2) is 55.0 Å². The lowest BCUT2D eigenvalue weighted by molar-refractivity contribution is -0.137. The minimum atomic E-state index is -4.69. The molecule has 3 aromatic heterocycles. The van der Waals surface area contributed by atoms with Crippen molar-refractivity contribution < 1.29 is 22.8 Å². The smallest absolute Gasteiger partial charge is 0.306 e. The highest BCUT2D eigenvalue weighted by molar-refractivity contribution is 7.13. The van der Waals surface area contributed by atoms with Gasteiger partial charge in [0.05, 0.1) is 44.9 Å². The van der Waals surface area contributed by atoms with Gasteiger partial charge < -0.3 is 5.32 Å². The van der Waals surface area contributed by atoms with Crippen LogP contribution in [0.25, 0.3) is 5.69 Å². The summed E-state index contributed by atoms with van der Waals surface area (Å²) in [5.74, 6) is -1.37. The molecule has 0 aliphatic carbocycles. The number of aromatic nitrogens is 4. The number of hydrogen-bond donors (Lipinski definition) is 1. The summed E-state index contributed by atoms with van der Waals surface area (Å²) in [5.41, 5.74) is 0.952. The van der Waals surface area contributed by atoms with Gasteiger partial charge >= 0.3 is 6.18 Å². The number of carbonyl (C=O) groups is 2. The van der Waals surface area contributed by atoms with E-state index in [9.17, 15) is 22.8 Å². The Balaban J connectivity index is 1.43. The molecule has 7 nitrogen and oxygen atoms in total. The van der Waals surface area contributed by atoms with Crippen LogP contribution >= 0.6 is 22.9 Å². The molecule has 1 atom stereocenters. The molecule has 4 aromatic rings. The number of carbonyl (C=O) groups excluding carboxylic acids is 2. The Labute approximate surface area is 213 Å². The molecule has 1 amide bonds. The maximum atomic E-state index is 13.1. The Morgan fingerprint density at radius 1 is 1.14 bits per heavy atom. The number of nitrogens with zero attached hydrogens (tertiary/aromatic N) is 4. The summed E-state index contributed by atoms with van der Waals surface area (Å²) in [4.78, 5) is 33.6. The summed E-state index contributed by atoms with van der Waals surface area (Å²) in [7, 11) is 0. The summed E-state index contributed by atoms with van der Waals surface area (Å²) < 4.78 is 40.9. The Bertz CT molecular complexity index is 1420. The van der Waals surface area contributed by atoms with Gasteiger partial charge in [-0.25, -0.2) is 14.6 Å². The number of para-hydroxylation sites is 1. The summed E-state index contributed by atoms with van der Waals surface area (Å²) in [5, 5.41) is 6.63. The van der Waals surface area contributed by atoms with Crippen molar-refractivity contribution in [3.63, 3.8) is 0 Å². The van der Waals surface area contributed by atoms with E-state index in [4.69, 9.17) is 11.6 Å². The Morgan fingerprint density at radius 2 is 1.86 bits per heavy atom. The molecular weight excluding hydrogens is 515 g/mol. The number of pyridine rings is 1. The number of nitrogens with one attached hydrogen (secondary N) is 1. The van der Waals surface area contributed by atoms with E-state index in [1.807, 2.05) is 44.2 Å². The van der Waals surface area contributed by atoms with Gasteiger partial charge in [0, 0.05) is 18.5 Å². The SMILES string of the molecule is Cc1c(C(=O)C[C@H](C)c2ncc(C(=O)Nc3cc(C(F)(F)F)c(Cl)cn3)s2)cnn1-c1ccccc1. The van der Waals surface area contributed by atoms with E-state index in [1.165, 1.54) is 12.4 Å². The highest BCUT2D eigenvalue weighted by Gasteiger charge is 2.34. The molecule has 186 valence electrons. The standard InChI is InChI=1S/C24H19ClF3N5O2S/c1-13(8-19(34)16-10-31-33(14(16)2)15-6-4-3-5-7-15)23-30-12-20(36-23)22(35)32-21-9-17(24(26,27)28)18(25)11-29-21/h3-7,9-13H,8H2,1-2H3,(H,29,32,35)/t13-/m0/s1. The first-order chi connectivity index (χ1) is 17.0. The molecular formula is C24H19ClF3N5O2S. The summed E-state index contributed by atoms with van der Waals surface area (Å²) in [6.07, 6.45) is -0.867. The van der Waals surface area contributed by atoms with E-state index in [0.29, 0.717) is 22.3 Å². The molecule has 0 aliphatic heterocycles. The number of rotatable bonds is 7. The average molecular weight is 534 g/mol. The van der Waals surface area contributed by atoms with Crippen LogP contribution in [0.1, 0.15) is 55.6 Å². The number of benzene rings is 1. The number of ketones is 1. The second kappa shape index (κ2) is 10.2. The highest BCUT2D eigenvalue weighted by atomic mass is 35.5. The van der Waals surface area contributed by atoms with Gasteiger partial charge in [-0.15, -0.1) is 11.3 Å². The van der Waals surface area contributed by atoms with Crippen molar-refractivity contribution in [3.05, 3.63) is 86.7 Å². The van der Waals surface area contributed by atoms with Crippen LogP contribution in [0.3, 0.4) is 0 Å². The molecule has 0 saturated carbocycles. The first kappa shape index (κ1) is 25.5. The van der Waals surface area contributed by atoms with Gasteiger partial charge in [0.1, 0.15) is 10.7 Å². The van der Waals surface area contributed by atoms with Gasteiger partial charge in [-0.05, 0) is 25.1 Å². The van der Waals surface area contributed by atoms with E-state index in [1.54, 1.807) is 4.68 Å². The van der Waals surface area contributed by atoms with Gasteiger partial charge in [-0.1, -0.05) is 36.7 Å². The minimum absolute atomic E-state index is 0.117. The minimum Gasteiger partial charge on any atom is -0.306 e.